The van der Waals surface area contributed by atoms with Crippen LogP contribution in [-0.2, 0) is 0 Å². The Labute approximate surface area is 65.9 Å². The lowest BCUT2D eigenvalue weighted by Crippen LogP contribution is -2.25. The Hall–Kier alpha value is -1.16. The number of hydrogen-bond acceptors (Lipinski definition) is 4. The number of rotatable bonds is 3. The van der Waals surface area contributed by atoms with E-state index in [0.717, 1.165) is 5.69 Å². The standard InChI is InChI=1S/C7H12N4/c1-6(2-8)11-7-3-9-5-10-4-7/h3-6,11H,2,8H2,1H3. The molecule has 3 N–H and O–H groups in total. The monoisotopic (exact) mass is 152 g/mol. The summed E-state index contributed by atoms with van der Waals surface area (Å²) in [4.78, 5) is 7.72. The molecule has 4 nitrogen and oxygen atoms in total. The van der Waals surface area contributed by atoms with Gasteiger partial charge in [0, 0.05) is 12.6 Å². The van der Waals surface area contributed by atoms with Crippen LogP contribution in [0.2, 0.25) is 0 Å². The second-order valence-corrected chi connectivity index (χ2v) is 2.41. The highest BCUT2D eigenvalue weighted by Crippen LogP contribution is 2.01. The summed E-state index contributed by atoms with van der Waals surface area (Å²) in [6.45, 7) is 2.61. The summed E-state index contributed by atoms with van der Waals surface area (Å²) in [6.07, 6.45) is 4.94. The molecule has 0 aliphatic carbocycles. The molecule has 0 aliphatic heterocycles. The van der Waals surface area contributed by atoms with E-state index in [9.17, 15) is 0 Å². The predicted molar refractivity (Wildman–Crippen MR) is 44.2 cm³/mol. The van der Waals surface area contributed by atoms with Crippen molar-refractivity contribution >= 4 is 5.69 Å². The summed E-state index contributed by atoms with van der Waals surface area (Å²) in [5.74, 6) is 0. The molecule has 1 aromatic rings. The second kappa shape index (κ2) is 3.88. The Balaban J connectivity index is 2.51. The fraction of sp³-hybridized carbons (Fsp3) is 0.429. The lowest BCUT2D eigenvalue weighted by atomic mass is 10.3. The first-order chi connectivity index (χ1) is 5.33. The highest BCUT2D eigenvalue weighted by atomic mass is 15.0. The van der Waals surface area contributed by atoms with Crippen molar-refractivity contribution in [1.29, 1.82) is 0 Å². The third-order valence-corrected chi connectivity index (χ3v) is 1.33. The number of anilines is 1. The van der Waals surface area contributed by atoms with Gasteiger partial charge in [0.2, 0.25) is 0 Å². The molecule has 4 heteroatoms. The van der Waals surface area contributed by atoms with E-state index in [1.165, 1.54) is 6.33 Å². The minimum atomic E-state index is 0.265. The van der Waals surface area contributed by atoms with Crippen LogP contribution in [0.5, 0.6) is 0 Å². The number of nitrogens with two attached hydrogens (primary N) is 1. The third kappa shape index (κ3) is 2.51. The first kappa shape index (κ1) is 7.94. The van der Waals surface area contributed by atoms with E-state index in [4.69, 9.17) is 5.73 Å². The van der Waals surface area contributed by atoms with Gasteiger partial charge in [0.1, 0.15) is 6.33 Å². The minimum Gasteiger partial charge on any atom is -0.379 e. The van der Waals surface area contributed by atoms with Crippen LogP contribution in [0.1, 0.15) is 6.92 Å². The van der Waals surface area contributed by atoms with Crippen LogP contribution < -0.4 is 11.1 Å². The van der Waals surface area contributed by atoms with Crippen molar-refractivity contribution < 1.29 is 0 Å². The molecule has 1 aromatic heterocycles. The highest BCUT2D eigenvalue weighted by Gasteiger charge is 1.97. The molecule has 11 heavy (non-hydrogen) atoms. The maximum absolute atomic E-state index is 5.42. The van der Waals surface area contributed by atoms with E-state index in [1.807, 2.05) is 6.92 Å². The second-order valence-electron chi connectivity index (χ2n) is 2.41. The average Bonchev–Trinajstić information content (AvgIpc) is 2.06. The van der Waals surface area contributed by atoms with Gasteiger partial charge in [-0.1, -0.05) is 0 Å². The van der Waals surface area contributed by atoms with Crippen molar-refractivity contribution in [2.45, 2.75) is 13.0 Å². The van der Waals surface area contributed by atoms with Crippen molar-refractivity contribution in [3.8, 4) is 0 Å². The summed E-state index contributed by atoms with van der Waals surface area (Å²) in [6, 6.07) is 0.265. The molecule has 0 saturated carbocycles. The van der Waals surface area contributed by atoms with Crippen LogP contribution in [-0.4, -0.2) is 22.6 Å². The molecule has 0 aliphatic rings. The zero-order chi connectivity index (χ0) is 8.10. The van der Waals surface area contributed by atoms with Gasteiger partial charge < -0.3 is 11.1 Å². The van der Waals surface area contributed by atoms with E-state index in [1.54, 1.807) is 12.4 Å². The molecule has 1 unspecified atom stereocenters. The SMILES string of the molecule is CC(CN)Nc1cncnc1. The van der Waals surface area contributed by atoms with Gasteiger partial charge in [-0.3, -0.25) is 0 Å². The van der Waals surface area contributed by atoms with Crippen molar-refractivity contribution in [1.82, 2.24) is 9.97 Å². The molecular formula is C7H12N4. The molecule has 60 valence electrons. The zero-order valence-electron chi connectivity index (χ0n) is 6.49. The highest BCUT2D eigenvalue weighted by molar-refractivity contribution is 5.38. The maximum Gasteiger partial charge on any atom is 0.115 e. The molecule has 0 saturated heterocycles. The Kier molecular flexibility index (Phi) is 2.80. The lowest BCUT2D eigenvalue weighted by molar-refractivity contribution is 0.801. The van der Waals surface area contributed by atoms with E-state index >= 15 is 0 Å². The van der Waals surface area contributed by atoms with E-state index < -0.39 is 0 Å². The van der Waals surface area contributed by atoms with Gasteiger partial charge in [-0.2, -0.15) is 0 Å². The summed E-state index contributed by atoms with van der Waals surface area (Å²) in [7, 11) is 0. The van der Waals surface area contributed by atoms with E-state index in [-0.39, 0.29) is 6.04 Å². The van der Waals surface area contributed by atoms with Crippen molar-refractivity contribution in [2.75, 3.05) is 11.9 Å². The van der Waals surface area contributed by atoms with Gasteiger partial charge in [0.25, 0.3) is 0 Å². The number of nitrogens with zero attached hydrogens (tertiary/aromatic N) is 2. The van der Waals surface area contributed by atoms with Crippen LogP contribution in [0.3, 0.4) is 0 Å². The van der Waals surface area contributed by atoms with E-state index in [2.05, 4.69) is 15.3 Å². The Morgan fingerprint density at radius 2 is 2.18 bits per heavy atom. The molecule has 0 fully saturated rings. The molecule has 1 rings (SSSR count). The van der Waals surface area contributed by atoms with Crippen molar-refractivity contribution in [2.24, 2.45) is 5.73 Å². The molecule has 0 bridgehead atoms. The molecule has 0 radical (unpaired) electrons. The van der Waals surface area contributed by atoms with Crippen molar-refractivity contribution in [3.63, 3.8) is 0 Å². The van der Waals surface area contributed by atoms with Crippen LogP contribution >= 0.6 is 0 Å². The Morgan fingerprint density at radius 1 is 1.55 bits per heavy atom. The topological polar surface area (TPSA) is 63.8 Å². The van der Waals surface area contributed by atoms with E-state index in [0.29, 0.717) is 6.54 Å². The average molecular weight is 152 g/mol. The predicted octanol–water partition coefficient (Wildman–Crippen LogP) is 0.236. The van der Waals surface area contributed by atoms with Gasteiger partial charge in [-0.25, -0.2) is 9.97 Å². The normalized spacial score (nSPS) is 12.5. The lowest BCUT2D eigenvalue weighted by Gasteiger charge is -2.10. The maximum atomic E-state index is 5.42. The summed E-state index contributed by atoms with van der Waals surface area (Å²) >= 11 is 0. The van der Waals surface area contributed by atoms with Crippen LogP contribution in [0, 0.1) is 0 Å². The third-order valence-electron chi connectivity index (χ3n) is 1.33. The fourth-order valence-electron chi connectivity index (χ4n) is 0.717. The molecule has 1 heterocycles. The number of nitrogens with one attached hydrogen (secondary N) is 1. The Morgan fingerprint density at radius 3 is 2.73 bits per heavy atom. The molecular weight excluding hydrogens is 140 g/mol. The first-order valence-electron chi connectivity index (χ1n) is 3.54. The fourth-order valence-corrected chi connectivity index (χ4v) is 0.717. The van der Waals surface area contributed by atoms with Gasteiger partial charge in [0.15, 0.2) is 0 Å². The summed E-state index contributed by atoms with van der Waals surface area (Å²) < 4.78 is 0. The van der Waals surface area contributed by atoms with Gasteiger partial charge in [-0.15, -0.1) is 0 Å². The summed E-state index contributed by atoms with van der Waals surface area (Å²) in [5, 5.41) is 3.14. The van der Waals surface area contributed by atoms with Crippen LogP contribution in [0.15, 0.2) is 18.7 Å². The largest absolute Gasteiger partial charge is 0.379 e. The number of hydrogen-bond donors (Lipinski definition) is 2. The van der Waals surface area contributed by atoms with Gasteiger partial charge in [0.05, 0.1) is 18.1 Å². The molecule has 0 aromatic carbocycles. The van der Waals surface area contributed by atoms with Crippen LogP contribution in [0.25, 0.3) is 0 Å². The summed E-state index contributed by atoms with van der Waals surface area (Å²) in [5.41, 5.74) is 6.32. The van der Waals surface area contributed by atoms with Gasteiger partial charge in [-0.05, 0) is 6.92 Å². The smallest absolute Gasteiger partial charge is 0.115 e. The molecule has 0 spiro atoms. The quantitative estimate of drug-likeness (QED) is 0.651. The Bertz CT molecular complexity index is 199. The zero-order valence-corrected chi connectivity index (χ0v) is 6.49. The molecule has 0 amide bonds. The van der Waals surface area contributed by atoms with Crippen molar-refractivity contribution in [3.05, 3.63) is 18.7 Å². The van der Waals surface area contributed by atoms with Crippen LogP contribution in [0.4, 0.5) is 5.69 Å². The van der Waals surface area contributed by atoms with Gasteiger partial charge >= 0.3 is 0 Å². The minimum absolute atomic E-state index is 0.265. The number of aromatic nitrogens is 2. The first-order valence-corrected chi connectivity index (χ1v) is 3.54. The molecule has 1 atom stereocenters.